The lowest BCUT2D eigenvalue weighted by molar-refractivity contribution is -0.136. The number of pyridine rings is 2. The minimum Gasteiger partial charge on any atom is -0.481 e. The van der Waals surface area contributed by atoms with Gasteiger partial charge in [-0.2, -0.15) is 0 Å². The predicted octanol–water partition coefficient (Wildman–Crippen LogP) is 2.03. The van der Waals surface area contributed by atoms with E-state index in [0.29, 0.717) is 17.6 Å². The van der Waals surface area contributed by atoms with Gasteiger partial charge < -0.3 is 14.1 Å². The van der Waals surface area contributed by atoms with E-state index in [2.05, 4.69) is 4.98 Å². The van der Waals surface area contributed by atoms with Crippen molar-refractivity contribution in [1.29, 1.82) is 0 Å². The summed E-state index contributed by atoms with van der Waals surface area (Å²) in [6, 6.07) is 7.39. The average molecular weight is 311 g/mol. The Kier molecular flexibility index (Phi) is 3.73. The fourth-order valence-corrected chi connectivity index (χ4v) is 2.65. The van der Waals surface area contributed by atoms with Crippen LogP contribution in [-0.2, 0) is 18.3 Å². The summed E-state index contributed by atoms with van der Waals surface area (Å²) in [5.74, 6) is -0.838. The molecule has 0 atom stereocenters. The highest BCUT2D eigenvalue weighted by Gasteiger charge is 2.13. The summed E-state index contributed by atoms with van der Waals surface area (Å²) in [6.07, 6.45) is 3.91. The lowest BCUT2D eigenvalue weighted by Gasteiger charge is -2.10. The maximum absolute atomic E-state index is 12.5. The normalized spacial score (nSPS) is 11.0. The van der Waals surface area contributed by atoms with Crippen molar-refractivity contribution in [1.82, 2.24) is 14.0 Å². The van der Waals surface area contributed by atoms with E-state index in [4.69, 9.17) is 5.11 Å². The molecule has 6 nitrogen and oxygen atoms in total. The quantitative estimate of drug-likeness (QED) is 0.800. The molecule has 0 unspecified atom stereocenters. The summed E-state index contributed by atoms with van der Waals surface area (Å²) in [5, 5.41) is 8.85. The Balaban J connectivity index is 2.16. The molecule has 1 N–H and O–H groups in total. The van der Waals surface area contributed by atoms with Gasteiger partial charge in [0.05, 0.1) is 12.0 Å². The van der Waals surface area contributed by atoms with Crippen LogP contribution in [0, 0.1) is 6.92 Å². The third kappa shape index (κ3) is 2.63. The van der Waals surface area contributed by atoms with Gasteiger partial charge in [-0.15, -0.1) is 0 Å². The molecule has 0 aliphatic carbocycles. The van der Waals surface area contributed by atoms with Crippen molar-refractivity contribution < 1.29 is 9.90 Å². The number of aromatic nitrogens is 3. The number of imidazole rings is 1. The number of carboxylic acids is 1. The van der Waals surface area contributed by atoms with Crippen molar-refractivity contribution in [2.45, 2.75) is 19.8 Å². The van der Waals surface area contributed by atoms with Crippen LogP contribution >= 0.6 is 0 Å². The van der Waals surface area contributed by atoms with Crippen molar-refractivity contribution >= 4 is 11.6 Å². The second-order valence-corrected chi connectivity index (χ2v) is 5.51. The zero-order chi connectivity index (χ0) is 16.6. The lowest BCUT2D eigenvalue weighted by Crippen LogP contribution is -2.20. The Morgan fingerprint density at radius 1 is 1.22 bits per heavy atom. The highest BCUT2D eigenvalue weighted by Crippen LogP contribution is 2.23. The zero-order valence-corrected chi connectivity index (χ0v) is 13.0. The van der Waals surface area contributed by atoms with Gasteiger partial charge in [0.15, 0.2) is 0 Å². The number of fused-ring (bicyclic) bond motifs is 1. The van der Waals surface area contributed by atoms with E-state index in [1.807, 2.05) is 29.5 Å². The lowest BCUT2D eigenvalue weighted by atomic mass is 10.1. The molecule has 0 bridgehead atoms. The molecule has 0 aliphatic heterocycles. The van der Waals surface area contributed by atoms with Gasteiger partial charge >= 0.3 is 5.97 Å². The van der Waals surface area contributed by atoms with Gasteiger partial charge in [-0.25, -0.2) is 4.98 Å². The first-order valence-electron chi connectivity index (χ1n) is 7.33. The molecule has 0 radical (unpaired) electrons. The molecule has 6 heteroatoms. The smallest absolute Gasteiger partial charge is 0.303 e. The number of rotatable bonds is 4. The van der Waals surface area contributed by atoms with Crippen LogP contribution in [0.15, 0.2) is 41.5 Å². The molecule has 3 aromatic heterocycles. The van der Waals surface area contributed by atoms with Crippen LogP contribution in [0.5, 0.6) is 0 Å². The molecule has 0 saturated heterocycles. The molecule has 118 valence electrons. The topological polar surface area (TPSA) is 76.6 Å². The fourth-order valence-electron chi connectivity index (χ4n) is 2.65. The number of carboxylic acid groups (broad SMARTS) is 1. The van der Waals surface area contributed by atoms with Crippen molar-refractivity contribution in [2.24, 2.45) is 7.05 Å². The minimum atomic E-state index is -0.838. The summed E-state index contributed by atoms with van der Waals surface area (Å²) in [4.78, 5) is 27.6. The number of hydrogen-bond acceptors (Lipinski definition) is 3. The van der Waals surface area contributed by atoms with Crippen LogP contribution in [-0.4, -0.2) is 25.0 Å². The van der Waals surface area contributed by atoms with Gasteiger partial charge in [-0.1, -0.05) is 0 Å². The molecule has 3 rings (SSSR count). The standard InChI is InChI=1S/C17H17N3O3/c1-11-3-6-14(17(23)19(11)2)13-7-4-12(5-8-15(21)22)20-10-9-18-16(13)20/h3-4,6-7,9-10H,5,8H2,1-2H3,(H,21,22). The summed E-state index contributed by atoms with van der Waals surface area (Å²) in [6.45, 7) is 1.88. The SMILES string of the molecule is Cc1ccc(-c2ccc(CCC(=O)O)n3ccnc23)c(=O)n1C. The molecule has 0 aromatic carbocycles. The van der Waals surface area contributed by atoms with E-state index in [1.165, 1.54) is 0 Å². The Hall–Kier alpha value is -2.89. The summed E-state index contributed by atoms with van der Waals surface area (Å²) in [5.41, 5.74) is 3.65. The summed E-state index contributed by atoms with van der Waals surface area (Å²) < 4.78 is 3.45. The predicted molar refractivity (Wildman–Crippen MR) is 86.6 cm³/mol. The van der Waals surface area contributed by atoms with E-state index in [9.17, 15) is 9.59 Å². The molecule has 3 aromatic rings. The van der Waals surface area contributed by atoms with Crippen LogP contribution < -0.4 is 5.56 Å². The highest BCUT2D eigenvalue weighted by molar-refractivity contribution is 5.77. The van der Waals surface area contributed by atoms with Gasteiger partial charge in [0.2, 0.25) is 0 Å². The molecule has 23 heavy (non-hydrogen) atoms. The van der Waals surface area contributed by atoms with Gasteiger partial charge in [0.25, 0.3) is 5.56 Å². The summed E-state index contributed by atoms with van der Waals surface area (Å²) >= 11 is 0. The Morgan fingerprint density at radius 3 is 2.70 bits per heavy atom. The van der Waals surface area contributed by atoms with E-state index >= 15 is 0 Å². The number of hydrogen-bond donors (Lipinski definition) is 1. The first-order valence-corrected chi connectivity index (χ1v) is 7.33. The van der Waals surface area contributed by atoms with Gasteiger partial charge in [-0.05, 0) is 37.6 Å². The Morgan fingerprint density at radius 2 is 1.96 bits per heavy atom. The Labute approximate surface area is 132 Å². The number of carbonyl (C=O) groups is 1. The monoisotopic (exact) mass is 311 g/mol. The average Bonchev–Trinajstić information content (AvgIpc) is 3.01. The van der Waals surface area contributed by atoms with Gasteiger partial charge in [-0.3, -0.25) is 9.59 Å². The molecule has 0 spiro atoms. The van der Waals surface area contributed by atoms with Crippen LogP contribution in [0.1, 0.15) is 17.8 Å². The second-order valence-electron chi connectivity index (χ2n) is 5.51. The van der Waals surface area contributed by atoms with Crippen molar-refractivity contribution in [3.05, 3.63) is 58.4 Å². The number of aliphatic carboxylic acids is 1. The third-order valence-corrected chi connectivity index (χ3v) is 4.07. The largest absolute Gasteiger partial charge is 0.481 e. The highest BCUT2D eigenvalue weighted by atomic mass is 16.4. The zero-order valence-electron chi connectivity index (χ0n) is 13.0. The first kappa shape index (κ1) is 15.0. The van der Waals surface area contributed by atoms with Gasteiger partial charge in [0.1, 0.15) is 5.65 Å². The second kappa shape index (κ2) is 5.72. The van der Waals surface area contributed by atoms with Crippen LogP contribution in [0.2, 0.25) is 0 Å². The van der Waals surface area contributed by atoms with E-state index in [-0.39, 0.29) is 12.0 Å². The molecule has 3 heterocycles. The molecular formula is C17H17N3O3. The maximum atomic E-state index is 12.5. The maximum Gasteiger partial charge on any atom is 0.303 e. The van der Waals surface area contributed by atoms with E-state index < -0.39 is 5.97 Å². The third-order valence-electron chi connectivity index (χ3n) is 4.07. The van der Waals surface area contributed by atoms with Crippen LogP contribution in [0.25, 0.3) is 16.8 Å². The molecular weight excluding hydrogens is 294 g/mol. The van der Waals surface area contributed by atoms with Crippen molar-refractivity contribution in [2.75, 3.05) is 0 Å². The minimum absolute atomic E-state index is 0.0545. The summed E-state index contributed by atoms with van der Waals surface area (Å²) in [7, 11) is 1.74. The molecule has 0 fully saturated rings. The number of aryl methyl sites for hydroxylation is 2. The molecule has 0 aliphatic rings. The Bertz CT molecular complexity index is 953. The van der Waals surface area contributed by atoms with E-state index in [1.54, 1.807) is 30.1 Å². The van der Waals surface area contributed by atoms with Crippen molar-refractivity contribution in [3.8, 4) is 11.1 Å². The first-order chi connectivity index (χ1) is 11.0. The number of nitrogens with zero attached hydrogens (tertiary/aromatic N) is 3. The van der Waals surface area contributed by atoms with Crippen LogP contribution in [0.3, 0.4) is 0 Å². The molecule has 0 saturated carbocycles. The van der Waals surface area contributed by atoms with Crippen LogP contribution in [0.4, 0.5) is 0 Å². The van der Waals surface area contributed by atoms with Gasteiger partial charge in [0, 0.05) is 36.4 Å². The van der Waals surface area contributed by atoms with Crippen molar-refractivity contribution in [3.63, 3.8) is 0 Å². The molecule has 0 amide bonds. The fraction of sp³-hybridized carbons (Fsp3) is 0.235. The van der Waals surface area contributed by atoms with E-state index in [0.717, 1.165) is 17.0 Å².